The van der Waals surface area contributed by atoms with Crippen molar-refractivity contribution < 1.29 is 14.3 Å². The van der Waals surface area contributed by atoms with Crippen molar-refractivity contribution in [2.45, 2.75) is 26.7 Å². The molecule has 0 N–H and O–H groups in total. The maximum Gasteiger partial charge on any atom is 0.313 e. The highest BCUT2D eigenvalue weighted by Crippen LogP contribution is 2.28. The number of hydrogen-bond donors (Lipinski definition) is 0. The Kier molecular flexibility index (Phi) is 3.86. The van der Waals surface area contributed by atoms with E-state index in [0.29, 0.717) is 6.61 Å². The predicted molar refractivity (Wildman–Crippen MR) is 52.7 cm³/mol. The van der Waals surface area contributed by atoms with Crippen LogP contribution in [0.3, 0.4) is 0 Å². The molecule has 0 bridgehead atoms. The van der Waals surface area contributed by atoms with Gasteiger partial charge in [-0.15, -0.1) is 0 Å². The van der Waals surface area contributed by atoms with E-state index >= 15 is 0 Å². The SMILES string of the molecule is CCOC(=O)C1C=C(C)CCC1C=O. The molecular formula is C11H16O3. The zero-order valence-corrected chi connectivity index (χ0v) is 8.66. The first-order valence-electron chi connectivity index (χ1n) is 4.98. The van der Waals surface area contributed by atoms with Crippen molar-refractivity contribution in [3.8, 4) is 0 Å². The summed E-state index contributed by atoms with van der Waals surface area (Å²) in [6, 6.07) is 0. The van der Waals surface area contributed by atoms with Gasteiger partial charge in [0.05, 0.1) is 12.5 Å². The van der Waals surface area contributed by atoms with Crippen LogP contribution in [0.5, 0.6) is 0 Å². The topological polar surface area (TPSA) is 43.4 Å². The number of carbonyl (C=O) groups is 2. The summed E-state index contributed by atoms with van der Waals surface area (Å²) in [5, 5.41) is 0. The largest absolute Gasteiger partial charge is 0.466 e. The van der Waals surface area contributed by atoms with Gasteiger partial charge < -0.3 is 9.53 Å². The van der Waals surface area contributed by atoms with Crippen LogP contribution < -0.4 is 0 Å². The number of ether oxygens (including phenoxy) is 1. The highest BCUT2D eigenvalue weighted by atomic mass is 16.5. The lowest BCUT2D eigenvalue weighted by molar-refractivity contribution is -0.149. The summed E-state index contributed by atoms with van der Waals surface area (Å²) in [7, 11) is 0. The Hall–Kier alpha value is -1.12. The average molecular weight is 196 g/mol. The van der Waals surface area contributed by atoms with Gasteiger partial charge in [0.2, 0.25) is 0 Å². The van der Waals surface area contributed by atoms with Gasteiger partial charge in [-0.05, 0) is 26.7 Å². The molecule has 0 saturated carbocycles. The molecule has 0 aromatic rings. The van der Waals surface area contributed by atoms with E-state index in [0.717, 1.165) is 19.1 Å². The maximum absolute atomic E-state index is 11.5. The van der Waals surface area contributed by atoms with Gasteiger partial charge in [0.15, 0.2) is 0 Å². The Morgan fingerprint density at radius 3 is 3.00 bits per heavy atom. The van der Waals surface area contributed by atoms with E-state index in [-0.39, 0.29) is 17.8 Å². The quantitative estimate of drug-likeness (QED) is 0.392. The Bertz CT molecular complexity index is 255. The molecular weight excluding hydrogens is 180 g/mol. The van der Waals surface area contributed by atoms with Crippen molar-refractivity contribution >= 4 is 12.3 Å². The maximum atomic E-state index is 11.5. The average Bonchev–Trinajstić information content (AvgIpc) is 2.18. The lowest BCUT2D eigenvalue weighted by Gasteiger charge is -2.23. The van der Waals surface area contributed by atoms with E-state index in [1.165, 1.54) is 5.57 Å². The molecule has 0 fully saturated rings. The third-order valence-electron chi connectivity index (χ3n) is 2.53. The first-order valence-corrected chi connectivity index (χ1v) is 4.98. The number of allylic oxidation sites excluding steroid dienone is 1. The van der Waals surface area contributed by atoms with Gasteiger partial charge in [-0.1, -0.05) is 11.6 Å². The van der Waals surface area contributed by atoms with Crippen LogP contribution in [0.4, 0.5) is 0 Å². The van der Waals surface area contributed by atoms with Crippen LogP contribution >= 0.6 is 0 Å². The summed E-state index contributed by atoms with van der Waals surface area (Å²) < 4.78 is 4.92. The lowest BCUT2D eigenvalue weighted by atomic mass is 9.82. The number of carbonyl (C=O) groups excluding carboxylic acids is 2. The summed E-state index contributed by atoms with van der Waals surface area (Å²) in [6.45, 7) is 4.12. The molecule has 2 unspecified atom stereocenters. The first kappa shape index (κ1) is 11.0. The zero-order chi connectivity index (χ0) is 10.6. The molecule has 14 heavy (non-hydrogen) atoms. The molecule has 2 atom stereocenters. The Morgan fingerprint density at radius 2 is 2.43 bits per heavy atom. The third-order valence-corrected chi connectivity index (χ3v) is 2.53. The fourth-order valence-corrected chi connectivity index (χ4v) is 1.72. The number of esters is 1. The van der Waals surface area contributed by atoms with E-state index in [2.05, 4.69) is 0 Å². The standard InChI is InChI=1S/C11H16O3/c1-3-14-11(13)10-6-8(2)4-5-9(10)7-12/h6-7,9-10H,3-5H2,1-2H3. The summed E-state index contributed by atoms with van der Waals surface area (Å²) in [5.74, 6) is -0.831. The molecule has 0 saturated heterocycles. The molecule has 3 heteroatoms. The van der Waals surface area contributed by atoms with E-state index in [1.54, 1.807) is 6.92 Å². The molecule has 0 aromatic carbocycles. The minimum Gasteiger partial charge on any atom is -0.466 e. The fraction of sp³-hybridized carbons (Fsp3) is 0.636. The molecule has 0 heterocycles. The number of rotatable bonds is 3. The van der Waals surface area contributed by atoms with Crippen LogP contribution in [-0.4, -0.2) is 18.9 Å². The van der Waals surface area contributed by atoms with Crippen LogP contribution in [0.2, 0.25) is 0 Å². The minimum absolute atomic E-state index is 0.197. The van der Waals surface area contributed by atoms with Crippen molar-refractivity contribution in [3.05, 3.63) is 11.6 Å². The molecule has 1 aliphatic carbocycles. The summed E-state index contributed by atoms with van der Waals surface area (Å²) in [5.41, 5.74) is 1.17. The molecule has 0 aromatic heterocycles. The van der Waals surface area contributed by atoms with Crippen molar-refractivity contribution in [1.29, 1.82) is 0 Å². The normalized spacial score (nSPS) is 26.6. The van der Waals surface area contributed by atoms with Gasteiger partial charge in [0.25, 0.3) is 0 Å². The van der Waals surface area contributed by atoms with E-state index in [9.17, 15) is 9.59 Å². The third kappa shape index (κ3) is 2.44. The van der Waals surface area contributed by atoms with E-state index < -0.39 is 0 Å². The second kappa shape index (κ2) is 4.94. The van der Waals surface area contributed by atoms with Gasteiger partial charge in [0.1, 0.15) is 6.29 Å². The smallest absolute Gasteiger partial charge is 0.313 e. The lowest BCUT2D eigenvalue weighted by Crippen LogP contribution is -2.28. The predicted octanol–water partition coefficient (Wildman–Crippen LogP) is 1.72. The van der Waals surface area contributed by atoms with Gasteiger partial charge in [0, 0.05) is 5.92 Å². The van der Waals surface area contributed by atoms with Crippen LogP contribution in [0.25, 0.3) is 0 Å². The van der Waals surface area contributed by atoms with Crippen LogP contribution in [-0.2, 0) is 14.3 Å². The molecule has 1 aliphatic rings. The minimum atomic E-state index is -0.360. The summed E-state index contributed by atoms with van der Waals surface area (Å²) in [4.78, 5) is 22.2. The van der Waals surface area contributed by atoms with Crippen molar-refractivity contribution in [3.63, 3.8) is 0 Å². The summed E-state index contributed by atoms with van der Waals surface area (Å²) >= 11 is 0. The van der Waals surface area contributed by atoms with Gasteiger partial charge in [-0.2, -0.15) is 0 Å². The molecule has 0 amide bonds. The Labute approximate surface area is 84.1 Å². The highest BCUT2D eigenvalue weighted by molar-refractivity contribution is 5.79. The monoisotopic (exact) mass is 196 g/mol. The second-order valence-electron chi connectivity index (χ2n) is 3.63. The molecule has 78 valence electrons. The summed E-state index contributed by atoms with van der Waals surface area (Å²) in [6.07, 6.45) is 4.39. The zero-order valence-electron chi connectivity index (χ0n) is 8.66. The van der Waals surface area contributed by atoms with Crippen LogP contribution in [0, 0.1) is 11.8 Å². The Balaban J connectivity index is 2.74. The van der Waals surface area contributed by atoms with Crippen molar-refractivity contribution in [1.82, 2.24) is 0 Å². The molecule has 3 nitrogen and oxygen atoms in total. The van der Waals surface area contributed by atoms with Gasteiger partial charge in [-0.3, -0.25) is 4.79 Å². The van der Waals surface area contributed by atoms with E-state index in [4.69, 9.17) is 4.74 Å². The van der Waals surface area contributed by atoms with Gasteiger partial charge in [-0.25, -0.2) is 0 Å². The fourth-order valence-electron chi connectivity index (χ4n) is 1.72. The number of hydrogen-bond acceptors (Lipinski definition) is 3. The molecule has 1 rings (SSSR count). The van der Waals surface area contributed by atoms with Crippen molar-refractivity contribution in [2.24, 2.45) is 11.8 Å². The second-order valence-corrected chi connectivity index (χ2v) is 3.63. The van der Waals surface area contributed by atoms with Gasteiger partial charge >= 0.3 is 5.97 Å². The Morgan fingerprint density at radius 1 is 1.71 bits per heavy atom. The van der Waals surface area contributed by atoms with Crippen LogP contribution in [0.15, 0.2) is 11.6 Å². The molecule has 0 radical (unpaired) electrons. The molecule has 0 aliphatic heterocycles. The molecule has 0 spiro atoms. The number of aldehydes is 1. The van der Waals surface area contributed by atoms with Crippen LogP contribution in [0.1, 0.15) is 26.7 Å². The first-order chi connectivity index (χ1) is 6.69. The van der Waals surface area contributed by atoms with Crippen molar-refractivity contribution in [2.75, 3.05) is 6.61 Å². The van der Waals surface area contributed by atoms with E-state index in [1.807, 2.05) is 13.0 Å². The highest BCUT2D eigenvalue weighted by Gasteiger charge is 2.30.